The molecule has 1 fully saturated rings. The Kier molecular flexibility index (Phi) is 4.81. The lowest BCUT2D eigenvalue weighted by atomic mass is 9.87. The van der Waals surface area contributed by atoms with E-state index >= 15 is 0 Å². The summed E-state index contributed by atoms with van der Waals surface area (Å²) in [5, 5.41) is 9.77. The minimum Gasteiger partial charge on any atom is -0.480 e. The van der Waals surface area contributed by atoms with Crippen molar-refractivity contribution in [2.75, 3.05) is 13.1 Å². The van der Waals surface area contributed by atoms with Gasteiger partial charge in [-0.25, -0.2) is 4.79 Å². The number of rotatable bonds is 5. The number of carboxylic acids is 1. The summed E-state index contributed by atoms with van der Waals surface area (Å²) in [5.74, 6) is -0.748. The zero-order valence-electron chi connectivity index (χ0n) is 12.6. The van der Waals surface area contributed by atoms with E-state index in [9.17, 15) is 9.90 Å². The maximum absolute atomic E-state index is 11.9. The normalized spacial score (nSPS) is 19.5. The Morgan fingerprint density at radius 3 is 2.30 bits per heavy atom. The van der Waals surface area contributed by atoms with Crippen LogP contribution in [0.15, 0.2) is 24.3 Å². The largest absolute Gasteiger partial charge is 0.480 e. The lowest BCUT2D eigenvalue weighted by molar-refractivity contribution is -0.152. The van der Waals surface area contributed by atoms with Crippen molar-refractivity contribution < 1.29 is 9.90 Å². The van der Waals surface area contributed by atoms with Gasteiger partial charge in [0.1, 0.15) is 5.54 Å². The van der Waals surface area contributed by atoms with E-state index in [2.05, 4.69) is 24.0 Å². The molecule has 1 saturated heterocycles. The lowest BCUT2D eigenvalue weighted by Gasteiger charge is -2.40. The highest BCUT2D eigenvalue weighted by Gasteiger charge is 2.41. The lowest BCUT2D eigenvalue weighted by Crippen LogP contribution is -2.51. The van der Waals surface area contributed by atoms with Gasteiger partial charge in [-0.2, -0.15) is 0 Å². The average molecular weight is 275 g/mol. The molecule has 1 aliphatic heterocycles. The van der Waals surface area contributed by atoms with E-state index in [1.165, 1.54) is 12.0 Å². The molecule has 0 radical (unpaired) electrons. The first-order chi connectivity index (χ1) is 9.59. The number of hydrogen-bond donors (Lipinski definition) is 1. The number of nitrogens with zero attached hydrogens (tertiary/aromatic N) is 1. The number of aryl methyl sites for hydroxylation is 1. The highest BCUT2D eigenvalue weighted by Crippen LogP contribution is 2.31. The fraction of sp³-hybridized carbons (Fsp3) is 0.588. The fourth-order valence-corrected chi connectivity index (χ4v) is 3.07. The highest BCUT2D eigenvalue weighted by atomic mass is 16.4. The standard InChI is InChI=1S/C17H25NO2/c1-3-7-14-8-10-15(11-9-14)17(2,16(19)20)18-12-5-4-6-13-18/h8-11H,3-7,12-13H2,1-2H3,(H,19,20). The summed E-state index contributed by atoms with van der Waals surface area (Å²) in [7, 11) is 0. The third kappa shape index (κ3) is 2.88. The summed E-state index contributed by atoms with van der Waals surface area (Å²) in [6, 6.07) is 8.13. The van der Waals surface area contributed by atoms with Gasteiger partial charge >= 0.3 is 5.97 Å². The van der Waals surface area contributed by atoms with Gasteiger partial charge in [0.2, 0.25) is 0 Å². The molecule has 0 bridgehead atoms. The van der Waals surface area contributed by atoms with Crippen molar-refractivity contribution >= 4 is 5.97 Å². The number of carbonyl (C=O) groups is 1. The molecule has 0 amide bonds. The van der Waals surface area contributed by atoms with Crippen molar-refractivity contribution in [1.29, 1.82) is 0 Å². The van der Waals surface area contributed by atoms with Crippen molar-refractivity contribution in [3.63, 3.8) is 0 Å². The van der Waals surface area contributed by atoms with Crippen molar-refractivity contribution in [2.45, 2.75) is 51.5 Å². The van der Waals surface area contributed by atoms with Crippen LogP contribution < -0.4 is 0 Å². The predicted octanol–water partition coefficient (Wildman–Crippen LogP) is 3.42. The zero-order chi connectivity index (χ0) is 14.6. The second kappa shape index (κ2) is 6.40. The molecule has 0 spiro atoms. The van der Waals surface area contributed by atoms with E-state index < -0.39 is 11.5 Å². The minimum atomic E-state index is -0.898. The first-order valence-electron chi connectivity index (χ1n) is 7.67. The first-order valence-corrected chi connectivity index (χ1v) is 7.67. The maximum Gasteiger partial charge on any atom is 0.328 e. The SMILES string of the molecule is CCCc1ccc(C(C)(C(=O)O)N2CCCCC2)cc1. The van der Waals surface area contributed by atoms with Gasteiger partial charge in [0, 0.05) is 0 Å². The highest BCUT2D eigenvalue weighted by molar-refractivity contribution is 5.80. The Morgan fingerprint density at radius 1 is 1.20 bits per heavy atom. The summed E-state index contributed by atoms with van der Waals surface area (Å²) in [6.45, 7) is 5.75. The van der Waals surface area contributed by atoms with Gasteiger partial charge < -0.3 is 5.11 Å². The van der Waals surface area contributed by atoms with Crippen LogP contribution in [-0.2, 0) is 16.8 Å². The smallest absolute Gasteiger partial charge is 0.328 e. The molecule has 1 heterocycles. The Morgan fingerprint density at radius 2 is 1.80 bits per heavy atom. The molecule has 110 valence electrons. The summed E-state index contributed by atoms with van der Waals surface area (Å²) in [6.07, 6.45) is 5.56. The van der Waals surface area contributed by atoms with Crippen molar-refractivity contribution in [3.05, 3.63) is 35.4 Å². The Labute approximate surface area is 121 Å². The van der Waals surface area contributed by atoms with Gasteiger partial charge in [-0.3, -0.25) is 4.90 Å². The molecule has 3 heteroatoms. The van der Waals surface area contributed by atoms with Crippen LogP contribution >= 0.6 is 0 Å². The number of likely N-dealkylation sites (tertiary alicyclic amines) is 1. The van der Waals surface area contributed by atoms with E-state index in [0.717, 1.165) is 44.3 Å². The Hall–Kier alpha value is -1.35. The van der Waals surface area contributed by atoms with E-state index in [4.69, 9.17) is 0 Å². The molecule has 1 aromatic rings. The zero-order valence-corrected chi connectivity index (χ0v) is 12.6. The molecule has 1 aromatic carbocycles. The van der Waals surface area contributed by atoms with Crippen molar-refractivity contribution in [2.24, 2.45) is 0 Å². The number of piperidine rings is 1. The third-order valence-corrected chi connectivity index (χ3v) is 4.46. The molecular formula is C17H25NO2. The fourth-order valence-electron chi connectivity index (χ4n) is 3.07. The molecule has 0 saturated carbocycles. The second-order valence-electron chi connectivity index (χ2n) is 5.87. The van der Waals surface area contributed by atoms with Crippen LogP contribution in [0.2, 0.25) is 0 Å². The van der Waals surface area contributed by atoms with E-state index in [1.807, 2.05) is 19.1 Å². The van der Waals surface area contributed by atoms with Crippen LogP contribution in [0.3, 0.4) is 0 Å². The predicted molar refractivity (Wildman–Crippen MR) is 80.8 cm³/mol. The Balaban J connectivity index is 2.29. The van der Waals surface area contributed by atoms with E-state index in [0.29, 0.717) is 0 Å². The summed E-state index contributed by atoms with van der Waals surface area (Å²) >= 11 is 0. The molecule has 0 aliphatic carbocycles. The van der Waals surface area contributed by atoms with Gasteiger partial charge in [0.25, 0.3) is 0 Å². The Bertz CT molecular complexity index is 449. The summed E-state index contributed by atoms with van der Waals surface area (Å²) in [5.41, 5.74) is 1.28. The van der Waals surface area contributed by atoms with Crippen LogP contribution in [-0.4, -0.2) is 29.1 Å². The molecule has 1 aliphatic rings. The van der Waals surface area contributed by atoms with Crippen LogP contribution in [0.4, 0.5) is 0 Å². The first kappa shape index (κ1) is 15.0. The van der Waals surface area contributed by atoms with Gasteiger partial charge in [-0.05, 0) is 50.4 Å². The molecule has 1 N–H and O–H groups in total. The molecular weight excluding hydrogens is 250 g/mol. The van der Waals surface area contributed by atoms with Crippen LogP contribution in [0, 0.1) is 0 Å². The van der Waals surface area contributed by atoms with Crippen LogP contribution in [0.5, 0.6) is 0 Å². The van der Waals surface area contributed by atoms with Crippen LogP contribution in [0.1, 0.15) is 50.7 Å². The van der Waals surface area contributed by atoms with E-state index in [-0.39, 0.29) is 0 Å². The van der Waals surface area contributed by atoms with Crippen molar-refractivity contribution in [1.82, 2.24) is 4.90 Å². The summed E-state index contributed by atoms with van der Waals surface area (Å²) < 4.78 is 0. The quantitative estimate of drug-likeness (QED) is 0.895. The monoisotopic (exact) mass is 275 g/mol. The van der Waals surface area contributed by atoms with Gasteiger partial charge in [0.15, 0.2) is 0 Å². The number of carboxylic acid groups (broad SMARTS) is 1. The van der Waals surface area contributed by atoms with Gasteiger partial charge in [0.05, 0.1) is 0 Å². The summed E-state index contributed by atoms with van der Waals surface area (Å²) in [4.78, 5) is 14.0. The number of hydrogen-bond acceptors (Lipinski definition) is 2. The second-order valence-corrected chi connectivity index (χ2v) is 5.87. The minimum absolute atomic E-state index is 0.748. The molecule has 0 aromatic heterocycles. The molecule has 3 nitrogen and oxygen atoms in total. The van der Waals surface area contributed by atoms with Crippen LogP contribution in [0.25, 0.3) is 0 Å². The van der Waals surface area contributed by atoms with E-state index in [1.54, 1.807) is 0 Å². The molecule has 1 unspecified atom stereocenters. The molecule has 2 rings (SSSR count). The average Bonchev–Trinajstić information content (AvgIpc) is 2.48. The number of benzene rings is 1. The maximum atomic E-state index is 11.9. The molecule has 1 atom stereocenters. The molecule has 20 heavy (non-hydrogen) atoms. The van der Waals surface area contributed by atoms with Gasteiger partial charge in [-0.1, -0.05) is 44.0 Å². The number of aliphatic carboxylic acids is 1. The topological polar surface area (TPSA) is 40.5 Å². The third-order valence-electron chi connectivity index (χ3n) is 4.46. The van der Waals surface area contributed by atoms with Gasteiger partial charge in [-0.15, -0.1) is 0 Å². The van der Waals surface area contributed by atoms with Crippen molar-refractivity contribution in [3.8, 4) is 0 Å².